The number of rotatable bonds is 3. The molecule has 27 heavy (non-hydrogen) atoms. The summed E-state index contributed by atoms with van der Waals surface area (Å²) in [5, 5.41) is 0.600. The zero-order valence-corrected chi connectivity index (χ0v) is 16.5. The van der Waals surface area contributed by atoms with Crippen LogP contribution in [0, 0.1) is 0 Å². The normalized spacial score (nSPS) is 23.1. The maximum atomic E-state index is 6.30. The molecule has 0 aliphatic carbocycles. The lowest BCUT2D eigenvalue weighted by molar-refractivity contribution is 0.260. The van der Waals surface area contributed by atoms with Crippen molar-refractivity contribution in [3.05, 3.63) is 52.8 Å². The Morgan fingerprint density at radius 2 is 1.85 bits per heavy atom. The molecule has 1 atom stereocenters. The number of aromatic nitrogens is 1. The molecular weight excluding hydrogens is 356 g/mol. The van der Waals surface area contributed by atoms with Crippen LogP contribution in [0.4, 0.5) is 11.4 Å². The Bertz CT molecular complexity index is 818. The van der Waals surface area contributed by atoms with Gasteiger partial charge in [-0.15, -0.1) is 0 Å². The Labute approximate surface area is 166 Å². The van der Waals surface area contributed by atoms with E-state index in [-0.39, 0.29) is 0 Å². The highest BCUT2D eigenvalue weighted by atomic mass is 35.5. The maximum Gasteiger partial charge on any atom is 0.152 e. The van der Waals surface area contributed by atoms with Crippen molar-refractivity contribution in [2.75, 3.05) is 42.5 Å². The van der Waals surface area contributed by atoms with E-state index in [2.05, 4.69) is 43.9 Å². The summed E-state index contributed by atoms with van der Waals surface area (Å²) < 4.78 is 0. The number of fused-ring (bicyclic) bond motifs is 1. The zero-order chi connectivity index (χ0) is 18.2. The molecule has 2 aromatic rings. The number of anilines is 2. The van der Waals surface area contributed by atoms with E-state index in [0.717, 1.165) is 31.2 Å². The number of hydrogen-bond donors (Lipinski definition) is 0. The minimum atomic E-state index is 0.600. The van der Waals surface area contributed by atoms with Gasteiger partial charge in [0.25, 0.3) is 0 Å². The molecule has 5 heteroatoms. The first-order valence-corrected chi connectivity index (χ1v) is 10.6. The van der Waals surface area contributed by atoms with Gasteiger partial charge in [0.2, 0.25) is 0 Å². The second-order valence-electron chi connectivity index (χ2n) is 8.07. The summed E-state index contributed by atoms with van der Waals surface area (Å²) in [6.07, 6.45) is 6.89. The first-order valence-electron chi connectivity index (χ1n) is 10.2. The monoisotopic (exact) mass is 382 g/mol. The van der Waals surface area contributed by atoms with Gasteiger partial charge in [-0.3, -0.25) is 4.90 Å². The van der Waals surface area contributed by atoms with Gasteiger partial charge in [-0.25, -0.2) is 4.98 Å². The molecule has 4 heterocycles. The number of pyridine rings is 1. The molecule has 0 amide bonds. The van der Waals surface area contributed by atoms with Crippen LogP contribution in [-0.4, -0.2) is 48.6 Å². The van der Waals surface area contributed by atoms with Crippen molar-refractivity contribution in [1.82, 2.24) is 9.88 Å². The molecule has 1 aromatic carbocycles. The number of hydrogen-bond acceptors (Lipinski definition) is 4. The number of likely N-dealkylation sites (tertiary alicyclic amines) is 1. The molecule has 4 nitrogen and oxygen atoms in total. The fourth-order valence-electron chi connectivity index (χ4n) is 4.94. The van der Waals surface area contributed by atoms with Gasteiger partial charge < -0.3 is 9.80 Å². The van der Waals surface area contributed by atoms with Crippen molar-refractivity contribution in [1.29, 1.82) is 0 Å². The fraction of sp³-hybridized carbons (Fsp3) is 0.500. The van der Waals surface area contributed by atoms with Crippen LogP contribution in [0.2, 0.25) is 5.15 Å². The largest absolute Gasteiger partial charge is 0.370 e. The van der Waals surface area contributed by atoms with Crippen LogP contribution >= 0.6 is 11.6 Å². The van der Waals surface area contributed by atoms with Crippen molar-refractivity contribution in [3.8, 4) is 0 Å². The lowest BCUT2D eigenvalue weighted by Gasteiger charge is -2.32. The van der Waals surface area contributed by atoms with Crippen molar-refractivity contribution < 1.29 is 0 Å². The highest BCUT2D eigenvalue weighted by molar-refractivity contribution is 6.32. The Hall–Kier alpha value is -1.78. The Morgan fingerprint density at radius 1 is 0.963 bits per heavy atom. The molecule has 0 N–H and O–H groups in total. The highest BCUT2D eigenvalue weighted by Crippen LogP contribution is 2.32. The third-order valence-electron chi connectivity index (χ3n) is 6.47. The average Bonchev–Trinajstić information content (AvgIpc) is 3.39. The summed E-state index contributed by atoms with van der Waals surface area (Å²) in [5.74, 6) is 0. The molecule has 0 spiro atoms. The molecule has 0 unspecified atom stereocenters. The molecule has 1 aromatic heterocycles. The van der Waals surface area contributed by atoms with Gasteiger partial charge in [-0.05, 0) is 74.2 Å². The quantitative estimate of drug-likeness (QED) is 0.749. The van der Waals surface area contributed by atoms with Crippen LogP contribution in [0.25, 0.3) is 0 Å². The third-order valence-corrected chi connectivity index (χ3v) is 6.76. The Balaban J connectivity index is 1.30. The Morgan fingerprint density at radius 3 is 2.70 bits per heavy atom. The van der Waals surface area contributed by atoms with Gasteiger partial charge in [-0.1, -0.05) is 17.7 Å². The van der Waals surface area contributed by atoms with Gasteiger partial charge in [0.1, 0.15) is 0 Å². The predicted octanol–water partition coefficient (Wildman–Crippen LogP) is 3.97. The lowest BCUT2D eigenvalue weighted by atomic mass is 9.98. The van der Waals surface area contributed by atoms with E-state index >= 15 is 0 Å². The summed E-state index contributed by atoms with van der Waals surface area (Å²) in [6, 6.07) is 11.9. The minimum Gasteiger partial charge on any atom is -0.370 e. The van der Waals surface area contributed by atoms with Crippen LogP contribution in [0.3, 0.4) is 0 Å². The van der Waals surface area contributed by atoms with E-state index in [1.165, 1.54) is 62.3 Å². The van der Waals surface area contributed by atoms with E-state index in [1.54, 1.807) is 6.20 Å². The van der Waals surface area contributed by atoms with E-state index in [0.29, 0.717) is 5.15 Å². The van der Waals surface area contributed by atoms with E-state index in [9.17, 15) is 0 Å². The minimum absolute atomic E-state index is 0.600. The molecule has 3 aliphatic rings. The highest BCUT2D eigenvalue weighted by Gasteiger charge is 2.30. The second-order valence-corrected chi connectivity index (χ2v) is 8.43. The van der Waals surface area contributed by atoms with Crippen LogP contribution in [0.5, 0.6) is 0 Å². The molecule has 2 fully saturated rings. The molecule has 0 radical (unpaired) electrons. The number of halogens is 1. The molecular formula is C22H27ClN4. The first-order chi connectivity index (χ1) is 13.3. The van der Waals surface area contributed by atoms with Crippen molar-refractivity contribution in [3.63, 3.8) is 0 Å². The van der Waals surface area contributed by atoms with Gasteiger partial charge >= 0.3 is 0 Å². The van der Waals surface area contributed by atoms with E-state index in [1.807, 2.05) is 6.07 Å². The average molecular weight is 383 g/mol. The van der Waals surface area contributed by atoms with Gasteiger partial charge in [0, 0.05) is 44.1 Å². The molecule has 3 aliphatic heterocycles. The third kappa shape index (κ3) is 3.41. The summed E-state index contributed by atoms with van der Waals surface area (Å²) >= 11 is 6.30. The van der Waals surface area contributed by atoms with Crippen molar-refractivity contribution in [2.24, 2.45) is 0 Å². The summed E-state index contributed by atoms with van der Waals surface area (Å²) in [5.41, 5.74) is 5.36. The zero-order valence-electron chi connectivity index (χ0n) is 15.8. The maximum absolute atomic E-state index is 6.30. The topological polar surface area (TPSA) is 22.6 Å². The van der Waals surface area contributed by atoms with E-state index in [4.69, 9.17) is 11.6 Å². The second kappa shape index (κ2) is 7.33. The SMILES string of the molecule is Clc1ncccc1N1CCc2cc(N3CC[C@H](N4CCCC4)C3)ccc2C1. The fourth-order valence-corrected chi connectivity index (χ4v) is 5.18. The molecule has 0 bridgehead atoms. The number of nitrogens with zero attached hydrogens (tertiary/aromatic N) is 4. The van der Waals surface area contributed by atoms with E-state index < -0.39 is 0 Å². The van der Waals surface area contributed by atoms with Crippen molar-refractivity contribution >= 4 is 23.0 Å². The van der Waals surface area contributed by atoms with Crippen LogP contribution < -0.4 is 9.80 Å². The summed E-state index contributed by atoms with van der Waals surface area (Å²) in [6.45, 7) is 6.90. The smallest absolute Gasteiger partial charge is 0.152 e. The van der Waals surface area contributed by atoms with Gasteiger partial charge in [0.15, 0.2) is 5.15 Å². The van der Waals surface area contributed by atoms with Gasteiger partial charge in [0.05, 0.1) is 5.69 Å². The molecule has 0 saturated carbocycles. The first kappa shape index (κ1) is 17.3. The predicted molar refractivity (Wildman–Crippen MR) is 112 cm³/mol. The Kier molecular flexibility index (Phi) is 4.70. The molecule has 5 rings (SSSR count). The molecule has 142 valence electrons. The summed E-state index contributed by atoms with van der Waals surface area (Å²) in [7, 11) is 0. The standard InChI is InChI=1S/C22H27ClN4/c23-22-21(4-3-9-24-22)27-12-7-17-14-19(6-5-18(17)15-27)26-13-8-20(16-26)25-10-1-2-11-25/h3-6,9,14,20H,1-2,7-8,10-13,15-16H2/t20-/m0/s1. The van der Waals surface area contributed by atoms with Crippen LogP contribution in [0.1, 0.15) is 30.4 Å². The number of benzene rings is 1. The van der Waals surface area contributed by atoms with Crippen LogP contribution in [0.15, 0.2) is 36.5 Å². The molecule has 2 saturated heterocycles. The lowest BCUT2D eigenvalue weighted by Crippen LogP contribution is -2.35. The van der Waals surface area contributed by atoms with Crippen molar-refractivity contribution in [2.45, 2.75) is 38.3 Å². The van der Waals surface area contributed by atoms with Gasteiger partial charge in [-0.2, -0.15) is 0 Å². The summed E-state index contributed by atoms with van der Waals surface area (Å²) in [4.78, 5) is 11.9. The van der Waals surface area contributed by atoms with Crippen LogP contribution in [-0.2, 0) is 13.0 Å².